The molecule has 148 valence electrons. The van der Waals surface area contributed by atoms with Crippen LogP contribution in [0, 0.1) is 0 Å². The highest BCUT2D eigenvalue weighted by Crippen LogP contribution is 2.22. The Morgan fingerprint density at radius 2 is 1.96 bits per heavy atom. The van der Waals surface area contributed by atoms with Crippen molar-refractivity contribution in [2.75, 3.05) is 45.9 Å². The fourth-order valence-electron chi connectivity index (χ4n) is 3.16. The maximum atomic E-state index is 12.1. The molecule has 0 saturated carbocycles. The number of carbonyl (C=O) groups excluding carboxylic acids is 1. The largest absolute Gasteiger partial charge is 0.379 e. The number of rotatable bonds is 9. The smallest absolute Gasteiger partial charge is 0.234 e. The van der Waals surface area contributed by atoms with E-state index in [4.69, 9.17) is 9.72 Å². The number of piperazine rings is 1. The van der Waals surface area contributed by atoms with E-state index in [1.807, 2.05) is 19.9 Å². The minimum Gasteiger partial charge on any atom is -0.379 e. The van der Waals surface area contributed by atoms with Gasteiger partial charge in [0, 0.05) is 39.3 Å². The third kappa shape index (κ3) is 6.53. The molecular weight excluding hydrogens is 360 g/mol. The van der Waals surface area contributed by atoms with Crippen molar-refractivity contribution in [3.63, 3.8) is 0 Å². The number of aromatic nitrogens is 1. The Morgan fingerprint density at radius 3 is 2.70 bits per heavy atom. The predicted molar refractivity (Wildman–Crippen MR) is 110 cm³/mol. The summed E-state index contributed by atoms with van der Waals surface area (Å²) in [4.78, 5) is 21.4. The van der Waals surface area contributed by atoms with Crippen molar-refractivity contribution in [3.05, 3.63) is 29.3 Å². The van der Waals surface area contributed by atoms with Gasteiger partial charge in [-0.1, -0.05) is 12.1 Å². The van der Waals surface area contributed by atoms with Crippen molar-refractivity contribution < 1.29 is 9.53 Å². The topological polar surface area (TPSA) is 57.7 Å². The van der Waals surface area contributed by atoms with Crippen molar-refractivity contribution >= 4 is 27.5 Å². The zero-order valence-corrected chi connectivity index (χ0v) is 17.1. The summed E-state index contributed by atoms with van der Waals surface area (Å²) in [6.07, 6.45) is 1.11. The summed E-state index contributed by atoms with van der Waals surface area (Å²) in [6, 6.07) is 8.29. The van der Waals surface area contributed by atoms with Gasteiger partial charge < -0.3 is 10.1 Å². The quantitative estimate of drug-likeness (QED) is 0.666. The van der Waals surface area contributed by atoms with Gasteiger partial charge in [-0.25, -0.2) is 4.98 Å². The van der Waals surface area contributed by atoms with Crippen molar-refractivity contribution in [1.82, 2.24) is 20.1 Å². The zero-order chi connectivity index (χ0) is 19.1. The summed E-state index contributed by atoms with van der Waals surface area (Å²) in [6.45, 7) is 10.6. The summed E-state index contributed by atoms with van der Waals surface area (Å²) in [7, 11) is 0. The Hall–Kier alpha value is -1.54. The molecule has 3 rings (SSSR count). The van der Waals surface area contributed by atoms with Crippen molar-refractivity contribution in [2.45, 2.75) is 32.9 Å². The van der Waals surface area contributed by atoms with E-state index in [-0.39, 0.29) is 12.0 Å². The molecule has 6 nitrogen and oxygen atoms in total. The molecule has 2 heterocycles. The maximum absolute atomic E-state index is 12.1. The molecule has 0 aliphatic carbocycles. The Balaban J connectivity index is 1.33. The van der Waals surface area contributed by atoms with E-state index in [1.54, 1.807) is 11.3 Å². The number of fused-ring (bicyclic) bond motifs is 1. The second kappa shape index (κ2) is 10.1. The fourth-order valence-corrected chi connectivity index (χ4v) is 4.17. The molecule has 1 fully saturated rings. The molecule has 0 spiro atoms. The highest BCUT2D eigenvalue weighted by molar-refractivity contribution is 7.18. The van der Waals surface area contributed by atoms with Gasteiger partial charge in [-0.3, -0.25) is 14.6 Å². The zero-order valence-electron chi connectivity index (χ0n) is 16.3. The number of amides is 1. The van der Waals surface area contributed by atoms with Crippen LogP contribution in [-0.4, -0.2) is 72.7 Å². The van der Waals surface area contributed by atoms with E-state index in [0.717, 1.165) is 44.7 Å². The number of thiazole rings is 1. The molecule has 1 aromatic carbocycles. The number of ether oxygens (including phenoxy) is 1. The Bertz CT molecular complexity index is 693. The van der Waals surface area contributed by atoms with E-state index in [1.165, 1.54) is 9.71 Å². The van der Waals surface area contributed by atoms with Gasteiger partial charge in [-0.2, -0.15) is 0 Å². The molecule has 1 aliphatic rings. The lowest BCUT2D eigenvalue weighted by Crippen LogP contribution is -2.49. The molecule has 2 aromatic rings. The van der Waals surface area contributed by atoms with E-state index < -0.39 is 0 Å². The van der Waals surface area contributed by atoms with Gasteiger partial charge in [0.25, 0.3) is 0 Å². The molecule has 27 heavy (non-hydrogen) atoms. The molecule has 0 atom stereocenters. The van der Waals surface area contributed by atoms with Gasteiger partial charge in [0.15, 0.2) is 0 Å². The lowest BCUT2D eigenvalue weighted by molar-refractivity contribution is -0.122. The summed E-state index contributed by atoms with van der Waals surface area (Å²) in [5.41, 5.74) is 1.09. The number of hydrogen-bond donors (Lipinski definition) is 1. The first-order valence-corrected chi connectivity index (χ1v) is 10.6. The number of nitrogens with zero attached hydrogens (tertiary/aromatic N) is 3. The molecule has 7 heteroatoms. The minimum absolute atomic E-state index is 0.110. The minimum atomic E-state index is 0.110. The van der Waals surface area contributed by atoms with Crippen molar-refractivity contribution in [1.29, 1.82) is 0 Å². The Morgan fingerprint density at radius 1 is 1.22 bits per heavy atom. The monoisotopic (exact) mass is 390 g/mol. The third-order valence-corrected chi connectivity index (χ3v) is 5.64. The standard InChI is InChI=1S/C20H30N4O2S/c1-16(2)26-13-5-8-21-19(25)14-23-9-11-24(12-10-23)15-20-22-17-6-3-4-7-18(17)27-20/h3-4,6-7,16H,5,8-15H2,1-2H3,(H,21,25). The van der Waals surface area contributed by atoms with E-state index in [0.29, 0.717) is 19.7 Å². The number of hydrogen-bond acceptors (Lipinski definition) is 6. The highest BCUT2D eigenvalue weighted by atomic mass is 32.1. The van der Waals surface area contributed by atoms with Crippen LogP contribution in [0.15, 0.2) is 24.3 Å². The van der Waals surface area contributed by atoms with Gasteiger partial charge >= 0.3 is 0 Å². The van der Waals surface area contributed by atoms with E-state index in [9.17, 15) is 4.79 Å². The van der Waals surface area contributed by atoms with Crippen molar-refractivity contribution in [2.24, 2.45) is 0 Å². The summed E-state index contributed by atoms with van der Waals surface area (Å²) in [5, 5.41) is 4.16. The lowest BCUT2D eigenvalue weighted by Gasteiger charge is -2.33. The number of benzene rings is 1. The summed E-state index contributed by atoms with van der Waals surface area (Å²) < 4.78 is 6.73. The van der Waals surface area contributed by atoms with Crippen LogP contribution in [0.25, 0.3) is 10.2 Å². The van der Waals surface area contributed by atoms with Crippen LogP contribution >= 0.6 is 11.3 Å². The van der Waals surface area contributed by atoms with Gasteiger partial charge in [0.2, 0.25) is 5.91 Å². The van der Waals surface area contributed by atoms with E-state index >= 15 is 0 Å². The second-order valence-electron chi connectivity index (χ2n) is 7.25. The Kier molecular flexibility index (Phi) is 7.58. The van der Waals surface area contributed by atoms with Crippen LogP contribution in [0.2, 0.25) is 0 Å². The third-order valence-electron chi connectivity index (χ3n) is 4.62. The van der Waals surface area contributed by atoms with Gasteiger partial charge in [-0.15, -0.1) is 11.3 Å². The molecule has 0 bridgehead atoms. The van der Waals surface area contributed by atoms with Gasteiger partial charge in [-0.05, 0) is 32.4 Å². The molecule has 1 amide bonds. The van der Waals surface area contributed by atoms with Crippen LogP contribution in [-0.2, 0) is 16.1 Å². The SMILES string of the molecule is CC(C)OCCCNC(=O)CN1CCN(Cc2nc3ccccc3s2)CC1. The first-order valence-electron chi connectivity index (χ1n) is 9.77. The van der Waals surface area contributed by atoms with Crippen LogP contribution in [0.4, 0.5) is 0 Å². The van der Waals surface area contributed by atoms with Crippen LogP contribution in [0.3, 0.4) is 0 Å². The average Bonchev–Trinajstić information content (AvgIpc) is 3.05. The molecule has 1 aromatic heterocycles. The molecule has 0 unspecified atom stereocenters. The second-order valence-corrected chi connectivity index (χ2v) is 8.37. The van der Waals surface area contributed by atoms with Crippen LogP contribution in [0.1, 0.15) is 25.3 Å². The van der Waals surface area contributed by atoms with Gasteiger partial charge in [0.1, 0.15) is 5.01 Å². The highest BCUT2D eigenvalue weighted by Gasteiger charge is 2.19. The van der Waals surface area contributed by atoms with Crippen molar-refractivity contribution in [3.8, 4) is 0 Å². The average molecular weight is 391 g/mol. The van der Waals surface area contributed by atoms with Crippen LogP contribution in [0.5, 0.6) is 0 Å². The fraction of sp³-hybridized carbons (Fsp3) is 0.600. The number of para-hydroxylation sites is 1. The molecule has 0 radical (unpaired) electrons. The molecule has 1 saturated heterocycles. The first kappa shape index (κ1) is 20.2. The number of carbonyl (C=O) groups is 1. The van der Waals surface area contributed by atoms with Crippen LogP contribution < -0.4 is 5.32 Å². The first-order chi connectivity index (χ1) is 13.1. The van der Waals surface area contributed by atoms with Gasteiger partial charge in [0.05, 0.1) is 29.4 Å². The summed E-state index contributed by atoms with van der Waals surface area (Å²) in [5.74, 6) is 0.110. The molecule has 1 N–H and O–H groups in total. The molecule has 1 aliphatic heterocycles. The summed E-state index contributed by atoms with van der Waals surface area (Å²) >= 11 is 1.78. The molecular formula is C20H30N4O2S. The lowest BCUT2D eigenvalue weighted by atomic mass is 10.3. The normalized spacial score (nSPS) is 16.3. The van der Waals surface area contributed by atoms with E-state index in [2.05, 4.69) is 33.3 Å². The maximum Gasteiger partial charge on any atom is 0.234 e. The Labute approximate surface area is 165 Å². The number of nitrogens with one attached hydrogen (secondary N) is 1. The predicted octanol–water partition coefficient (Wildman–Crippen LogP) is 2.35.